The van der Waals surface area contributed by atoms with Crippen molar-refractivity contribution in [3.63, 3.8) is 0 Å². The molecule has 20 heavy (non-hydrogen) atoms. The van der Waals surface area contributed by atoms with E-state index < -0.39 is 0 Å². The summed E-state index contributed by atoms with van der Waals surface area (Å²) in [5.74, 6) is 0.359. The van der Waals surface area contributed by atoms with E-state index in [0.717, 1.165) is 11.1 Å². The Labute approximate surface area is 119 Å². The summed E-state index contributed by atoms with van der Waals surface area (Å²) in [7, 11) is 1.61. The number of nitrogens with zero attached hydrogens (tertiary/aromatic N) is 2. The van der Waals surface area contributed by atoms with E-state index in [9.17, 15) is 4.79 Å². The van der Waals surface area contributed by atoms with Gasteiger partial charge in [0, 0.05) is 13.7 Å². The molecule has 0 saturated carbocycles. The number of methoxy groups -OCH3 is 1. The molecule has 108 valence electrons. The molecule has 1 aliphatic heterocycles. The van der Waals surface area contributed by atoms with Gasteiger partial charge < -0.3 is 15.4 Å². The molecule has 1 heterocycles. The molecule has 0 aliphatic carbocycles. The van der Waals surface area contributed by atoms with E-state index in [-0.39, 0.29) is 12.1 Å². The smallest absolute Gasteiger partial charge is 0.346 e. The molecule has 2 amide bonds. The SMILES string of the molecule is COCCN1C(=O)N=C(N)C1c1cc(C)c(C)cc1C. The van der Waals surface area contributed by atoms with Crippen LogP contribution in [0.3, 0.4) is 0 Å². The third kappa shape index (κ3) is 2.54. The Bertz CT molecular complexity index is 566. The lowest BCUT2D eigenvalue weighted by molar-refractivity contribution is 0.150. The van der Waals surface area contributed by atoms with Crippen LogP contribution in [-0.4, -0.2) is 37.0 Å². The molecule has 1 aromatic rings. The molecule has 1 aliphatic rings. The van der Waals surface area contributed by atoms with Gasteiger partial charge in [-0.2, -0.15) is 4.99 Å². The number of urea groups is 1. The van der Waals surface area contributed by atoms with Crippen LogP contribution in [0, 0.1) is 20.8 Å². The number of nitrogens with two attached hydrogens (primary N) is 1. The number of ether oxygens (including phenoxy) is 1. The van der Waals surface area contributed by atoms with Crippen LogP contribution >= 0.6 is 0 Å². The molecule has 0 saturated heterocycles. The molecule has 0 spiro atoms. The van der Waals surface area contributed by atoms with Gasteiger partial charge in [-0.05, 0) is 43.0 Å². The molecule has 0 aromatic heterocycles. The molecule has 0 fully saturated rings. The van der Waals surface area contributed by atoms with Crippen molar-refractivity contribution in [2.75, 3.05) is 20.3 Å². The van der Waals surface area contributed by atoms with E-state index in [1.807, 2.05) is 6.92 Å². The zero-order valence-electron chi connectivity index (χ0n) is 12.4. The van der Waals surface area contributed by atoms with Crippen molar-refractivity contribution in [1.29, 1.82) is 0 Å². The van der Waals surface area contributed by atoms with Gasteiger partial charge in [-0.3, -0.25) is 0 Å². The van der Waals surface area contributed by atoms with E-state index in [1.54, 1.807) is 12.0 Å². The Morgan fingerprint density at radius 3 is 2.55 bits per heavy atom. The fraction of sp³-hybridized carbons (Fsp3) is 0.467. The summed E-state index contributed by atoms with van der Waals surface area (Å²) < 4.78 is 5.06. The number of amides is 2. The molecular weight excluding hydrogens is 254 g/mol. The van der Waals surface area contributed by atoms with Crippen molar-refractivity contribution in [3.05, 3.63) is 34.4 Å². The molecular formula is C15H21N3O2. The molecule has 2 rings (SSSR count). The predicted octanol–water partition coefficient (Wildman–Crippen LogP) is 2.09. The normalized spacial score (nSPS) is 18.6. The number of benzene rings is 1. The molecule has 5 nitrogen and oxygen atoms in total. The molecule has 1 unspecified atom stereocenters. The van der Waals surface area contributed by atoms with Gasteiger partial charge >= 0.3 is 6.03 Å². The van der Waals surface area contributed by atoms with Crippen LogP contribution < -0.4 is 5.73 Å². The van der Waals surface area contributed by atoms with Crippen molar-refractivity contribution in [3.8, 4) is 0 Å². The van der Waals surface area contributed by atoms with E-state index >= 15 is 0 Å². The number of aliphatic imine (C=N–C) groups is 1. The maximum atomic E-state index is 11.9. The fourth-order valence-corrected chi connectivity index (χ4v) is 2.52. The Balaban J connectivity index is 2.40. The summed E-state index contributed by atoms with van der Waals surface area (Å²) >= 11 is 0. The summed E-state index contributed by atoms with van der Waals surface area (Å²) in [6, 6.07) is 3.64. The van der Waals surface area contributed by atoms with Crippen LogP contribution in [-0.2, 0) is 4.74 Å². The minimum atomic E-state index is -0.290. The third-order valence-corrected chi connectivity index (χ3v) is 3.78. The van der Waals surface area contributed by atoms with E-state index in [4.69, 9.17) is 10.5 Å². The average molecular weight is 275 g/mol. The molecule has 1 aromatic carbocycles. The monoisotopic (exact) mass is 275 g/mol. The van der Waals surface area contributed by atoms with Gasteiger partial charge in [0.25, 0.3) is 0 Å². The molecule has 0 bridgehead atoms. The first-order valence-electron chi connectivity index (χ1n) is 6.67. The largest absolute Gasteiger partial charge is 0.385 e. The lowest BCUT2D eigenvalue weighted by Gasteiger charge is -2.26. The van der Waals surface area contributed by atoms with Crippen molar-refractivity contribution in [2.45, 2.75) is 26.8 Å². The Morgan fingerprint density at radius 1 is 1.25 bits per heavy atom. The van der Waals surface area contributed by atoms with Crippen LogP contribution in [0.15, 0.2) is 17.1 Å². The van der Waals surface area contributed by atoms with Crippen LogP contribution in [0.2, 0.25) is 0 Å². The molecule has 2 N–H and O–H groups in total. The summed E-state index contributed by atoms with van der Waals surface area (Å²) in [5.41, 5.74) is 10.5. The first kappa shape index (κ1) is 14.5. The number of carbonyl (C=O) groups is 1. The van der Waals surface area contributed by atoms with Crippen molar-refractivity contribution in [1.82, 2.24) is 4.90 Å². The summed E-state index contributed by atoms with van der Waals surface area (Å²) in [5, 5.41) is 0. The summed E-state index contributed by atoms with van der Waals surface area (Å²) in [6.07, 6.45) is 0. The molecule has 1 atom stereocenters. The van der Waals surface area contributed by atoms with Crippen molar-refractivity contribution < 1.29 is 9.53 Å². The Kier molecular flexibility index (Phi) is 4.09. The second-order valence-electron chi connectivity index (χ2n) is 5.20. The van der Waals surface area contributed by atoms with Crippen LogP contribution in [0.4, 0.5) is 4.79 Å². The van der Waals surface area contributed by atoms with Gasteiger partial charge in [0.05, 0.1) is 6.61 Å². The summed E-state index contributed by atoms with van der Waals surface area (Å²) in [4.78, 5) is 17.5. The van der Waals surface area contributed by atoms with E-state index in [1.165, 1.54) is 11.1 Å². The van der Waals surface area contributed by atoms with Gasteiger partial charge in [-0.15, -0.1) is 0 Å². The minimum Gasteiger partial charge on any atom is -0.385 e. The molecule has 0 radical (unpaired) electrons. The number of rotatable bonds is 4. The second kappa shape index (κ2) is 5.63. The van der Waals surface area contributed by atoms with Crippen molar-refractivity contribution in [2.24, 2.45) is 10.7 Å². The lowest BCUT2D eigenvalue weighted by atomic mass is 9.95. The first-order chi connectivity index (χ1) is 9.45. The Hall–Kier alpha value is -1.88. The topological polar surface area (TPSA) is 67.9 Å². The number of hydrogen-bond donors (Lipinski definition) is 1. The van der Waals surface area contributed by atoms with Crippen molar-refractivity contribution >= 4 is 11.9 Å². The quantitative estimate of drug-likeness (QED) is 0.915. The zero-order chi connectivity index (χ0) is 14.9. The number of aryl methyl sites for hydroxylation is 3. The first-order valence-corrected chi connectivity index (χ1v) is 6.67. The molecule has 5 heteroatoms. The number of carbonyl (C=O) groups excluding carboxylic acids is 1. The van der Waals surface area contributed by atoms with E-state index in [0.29, 0.717) is 19.0 Å². The van der Waals surface area contributed by atoms with Gasteiger partial charge in [0.2, 0.25) is 0 Å². The van der Waals surface area contributed by atoms with Gasteiger partial charge in [-0.25, -0.2) is 4.79 Å². The highest BCUT2D eigenvalue weighted by atomic mass is 16.5. The van der Waals surface area contributed by atoms with Gasteiger partial charge in [-0.1, -0.05) is 12.1 Å². The third-order valence-electron chi connectivity index (χ3n) is 3.78. The summed E-state index contributed by atoms with van der Waals surface area (Å²) in [6.45, 7) is 7.12. The maximum absolute atomic E-state index is 11.9. The van der Waals surface area contributed by atoms with Crippen LogP contribution in [0.25, 0.3) is 0 Å². The van der Waals surface area contributed by atoms with Crippen LogP contribution in [0.1, 0.15) is 28.3 Å². The van der Waals surface area contributed by atoms with E-state index in [2.05, 4.69) is 31.0 Å². The zero-order valence-corrected chi connectivity index (χ0v) is 12.4. The highest BCUT2D eigenvalue weighted by Gasteiger charge is 2.35. The fourth-order valence-electron chi connectivity index (χ4n) is 2.52. The lowest BCUT2D eigenvalue weighted by Crippen LogP contribution is -2.36. The maximum Gasteiger partial charge on any atom is 0.346 e. The minimum absolute atomic E-state index is 0.281. The number of hydrogen-bond acceptors (Lipinski definition) is 3. The van der Waals surface area contributed by atoms with Gasteiger partial charge in [0.1, 0.15) is 11.9 Å². The van der Waals surface area contributed by atoms with Gasteiger partial charge in [0.15, 0.2) is 0 Å². The predicted molar refractivity (Wildman–Crippen MR) is 79.0 cm³/mol. The average Bonchev–Trinajstić information content (AvgIpc) is 2.66. The van der Waals surface area contributed by atoms with Crippen LogP contribution in [0.5, 0.6) is 0 Å². The Morgan fingerprint density at radius 2 is 1.90 bits per heavy atom. The standard InChI is InChI=1S/C15H21N3O2/c1-9-7-11(3)12(8-10(9)2)13-14(16)17-15(19)18(13)5-6-20-4/h7-8,13H,5-6H2,1-4H3,(H2,16,17,19). The highest BCUT2D eigenvalue weighted by Crippen LogP contribution is 2.30. The number of amidine groups is 1. The second-order valence-corrected chi connectivity index (χ2v) is 5.20. The highest BCUT2D eigenvalue weighted by molar-refractivity contribution is 6.03.